The zero-order valence-electron chi connectivity index (χ0n) is 23.7. The van der Waals surface area contributed by atoms with Crippen LogP contribution in [0.3, 0.4) is 0 Å². The van der Waals surface area contributed by atoms with Gasteiger partial charge in [0.15, 0.2) is 0 Å². The van der Waals surface area contributed by atoms with Gasteiger partial charge in [-0.15, -0.1) is 0 Å². The lowest BCUT2D eigenvalue weighted by atomic mass is 9.91. The maximum atomic E-state index is 11.0. The van der Waals surface area contributed by atoms with E-state index in [-0.39, 0.29) is 6.42 Å². The molecule has 0 atom stereocenters. The molecule has 0 aliphatic carbocycles. The minimum absolute atomic E-state index is 0.130. The van der Waals surface area contributed by atoms with Crippen LogP contribution in [0.15, 0.2) is 18.2 Å². The van der Waals surface area contributed by atoms with Crippen LogP contribution in [0.5, 0.6) is 0 Å². The molecule has 0 saturated heterocycles. The fourth-order valence-corrected chi connectivity index (χ4v) is 5.29. The van der Waals surface area contributed by atoms with Crippen molar-refractivity contribution in [2.75, 3.05) is 0 Å². The molecule has 1 rings (SSSR count). The first-order valence-electron chi connectivity index (χ1n) is 15.4. The summed E-state index contributed by atoms with van der Waals surface area (Å²) in [6.07, 6.45) is 29.4. The molecule has 0 bridgehead atoms. The second kappa shape index (κ2) is 21.9. The van der Waals surface area contributed by atoms with Crippen LogP contribution < -0.4 is 0 Å². The molecule has 202 valence electrons. The van der Waals surface area contributed by atoms with Crippen LogP contribution in [0.1, 0.15) is 172 Å². The predicted octanol–water partition coefficient (Wildman–Crippen LogP) is 10.8. The standard InChI is InChI=1S/C33H58O2/c1-4-5-6-7-8-9-10-11-12-13-14-15-16-17-18-19-20-21-22-23-24-31-27-30(28-33(34)35)25-26-32(31)29(2)3/h25-27,29H,4-24,28H2,1-3H3,(H,34,35). The molecular weight excluding hydrogens is 428 g/mol. The normalized spacial score (nSPS) is 11.4. The Hall–Kier alpha value is -1.31. The number of benzene rings is 1. The fourth-order valence-electron chi connectivity index (χ4n) is 5.29. The van der Waals surface area contributed by atoms with Gasteiger partial charge in [0, 0.05) is 0 Å². The average molecular weight is 487 g/mol. The summed E-state index contributed by atoms with van der Waals surface area (Å²) in [5.41, 5.74) is 3.68. The van der Waals surface area contributed by atoms with E-state index in [4.69, 9.17) is 5.11 Å². The van der Waals surface area contributed by atoms with Crippen molar-refractivity contribution < 1.29 is 9.90 Å². The molecule has 0 spiro atoms. The summed E-state index contributed by atoms with van der Waals surface area (Å²) in [4.78, 5) is 11.0. The molecule has 0 radical (unpaired) electrons. The molecule has 1 N–H and O–H groups in total. The second-order valence-corrected chi connectivity index (χ2v) is 11.2. The van der Waals surface area contributed by atoms with Gasteiger partial charge in [-0.05, 0) is 35.4 Å². The molecule has 0 fully saturated rings. The van der Waals surface area contributed by atoms with E-state index >= 15 is 0 Å². The summed E-state index contributed by atoms with van der Waals surface area (Å²) in [7, 11) is 0. The number of hydrogen-bond donors (Lipinski definition) is 1. The molecule has 0 heterocycles. The van der Waals surface area contributed by atoms with Crippen molar-refractivity contribution in [2.24, 2.45) is 0 Å². The van der Waals surface area contributed by atoms with E-state index < -0.39 is 5.97 Å². The summed E-state index contributed by atoms with van der Waals surface area (Å²) < 4.78 is 0. The highest BCUT2D eigenvalue weighted by Crippen LogP contribution is 2.23. The van der Waals surface area contributed by atoms with Crippen LogP contribution in [0.2, 0.25) is 0 Å². The van der Waals surface area contributed by atoms with Gasteiger partial charge in [-0.2, -0.15) is 0 Å². The monoisotopic (exact) mass is 486 g/mol. The minimum atomic E-state index is -0.743. The number of carboxylic acids is 1. The van der Waals surface area contributed by atoms with E-state index in [2.05, 4.69) is 32.9 Å². The van der Waals surface area contributed by atoms with E-state index in [1.165, 1.54) is 140 Å². The number of unbranched alkanes of at least 4 members (excludes halogenated alkanes) is 19. The quantitative estimate of drug-likeness (QED) is 0.147. The molecule has 0 saturated carbocycles. The molecule has 2 nitrogen and oxygen atoms in total. The van der Waals surface area contributed by atoms with Crippen LogP contribution in [0.25, 0.3) is 0 Å². The third kappa shape index (κ3) is 17.7. The van der Waals surface area contributed by atoms with E-state index in [0.29, 0.717) is 5.92 Å². The molecular formula is C33H58O2. The van der Waals surface area contributed by atoms with E-state index in [1.54, 1.807) is 0 Å². The summed E-state index contributed by atoms with van der Waals surface area (Å²) in [5.74, 6) is -0.249. The van der Waals surface area contributed by atoms with Crippen molar-refractivity contribution in [1.82, 2.24) is 0 Å². The molecule has 35 heavy (non-hydrogen) atoms. The third-order valence-electron chi connectivity index (χ3n) is 7.48. The maximum absolute atomic E-state index is 11.0. The SMILES string of the molecule is CCCCCCCCCCCCCCCCCCCCCCc1cc(CC(=O)O)ccc1C(C)C. The van der Waals surface area contributed by atoms with Gasteiger partial charge in [0.05, 0.1) is 6.42 Å². The molecule has 1 aromatic rings. The third-order valence-corrected chi connectivity index (χ3v) is 7.48. The Labute approximate surface area is 218 Å². The lowest BCUT2D eigenvalue weighted by molar-refractivity contribution is -0.136. The average Bonchev–Trinajstić information content (AvgIpc) is 2.82. The highest BCUT2D eigenvalue weighted by molar-refractivity contribution is 5.70. The Kier molecular flexibility index (Phi) is 19.9. The first-order valence-corrected chi connectivity index (χ1v) is 15.4. The Morgan fingerprint density at radius 1 is 0.657 bits per heavy atom. The largest absolute Gasteiger partial charge is 0.481 e. The summed E-state index contributed by atoms with van der Waals surface area (Å²) in [6, 6.07) is 6.28. The highest BCUT2D eigenvalue weighted by Gasteiger charge is 2.09. The van der Waals surface area contributed by atoms with Gasteiger partial charge in [0.1, 0.15) is 0 Å². The van der Waals surface area contributed by atoms with Crippen molar-refractivity contribution in [3.05, 3.63) is 34.9 Å². The topological polar surface area (TPSA) is 37.3 Å². The fraction of sp³-hybridized carbons (Fsp3) is 0.788. The predicted molar refractivity (Wildman–Crippen MR) is 154 cm³/mol. The number of carboxylic acid groups (broad SMARTS) is 1. The van der Waals surface area contributed by atoms with Gasteiger partial charge in [0.2, 0.25) is 0 Å². The van der Waals surface area contributed by atoms with E-state index in [1.807, 2.05) is 6.07 Å². The number of aryl methyl sites for hydroxylation is 1. The number of aliphatic carboxylic acids is 1. The van der Waals surface area contributed by atoms with Gasteiger partial charge in [-0.25, -0.2) is 0 Å². The highest BCUT2D eigenvalue weighted by atomic mass is 16.4. The van der Waals surface area contributed by atoms with Gasteiger partial charge in [-0.3, -0.25) is 4.79 Å². The van der Waals surface area contributed by atoms with Crippen molar-refractivity contribution in [3.63, 3.8) is 0 Å². The zero-order chi connectivity index (χ0) is 25.6. The Morgan fingerprint density at radius 3 is 1.43 bits per heavy atom. The number of rotatable bonds is 24. The van der Waals surface area contributed by atoms with E-state index in [0.717, 1.165) is 12.0 Å². The summed E-state index contributed by atoms with van der Waals surface area (Å²) >= 11 is 0. The van der Waals surface area contributed by atoms with Crippen molar-refractivity contribution in [3.8, 4) is 0 Å². The van der Waals surface area contributed by atoms with Gasteiger partial charge in [-0.1, -0.05) is 161 Å². The van der Waals surface area contributed by atoms with E-state index in [9.17, 15) is 4.79 Å². The van der Waals surface area contributed by atoms with Crippen molar-refractivity contribution in [1.29, 1.82) is 0 Å². The van der Waals surface area contributed by atoms with Crippen molar-refractivity contribution >= 4 is 5.97 Å². The Balaban J connectivity index is 1.93. The van der Waals surface area contributed by atoms with Crippen LogP contribution in [0.4, 0.5) is 0 Å². The van der Waals surface area contributed by atoms with Gasteiger partial charge in [0.25, 0.3) is 0 Å². The van der Waals surface area contributed by atoms with Crippen LogP contribution >= 0.6 is 0 Å². The van der Waals surface area contributed by atoms with Crippen molar-refractivity contribution in [2.45, 2.75) is 168 Å². The first kappa shape index (κ1) is 31.7. The second-order valence-electron chi connectivity index (χ2n) is 11.2. The van der Waals surface area contributed by atoms with Gasteiger partial charge < -0.3 is 5.11 Å². The summed E-state index contributed by atoms with van der Waals surface area (Å²) in [6.45, 7) is 6.75. The summed E-state index contributed by atoms with van der Waals surface area (Å²) in [5, 5.41) is 9.09. The van der Waals surface area contributed by atoms with Crippen LogP contribution in [-0.4, -0.2) is 11.1 Å². The van der Waals surface area contributed by atoms with Crippen LogP contribution in [-0.2, 0) is 17.6 Å². The lowest BCUT2D eigenvalue weighted by Gasteiger charge is -2.14. The number of hydrogen-bond acceptors (Lipinski definition) is 1. The first-order chi connectivity index (χ1) is 17.0. The lowest BCUT2D eigenvalue weighted by Crippen LogP contribution is -2.03. The Morgan fingerprint density at radius 2 is 1.06 bits per heavy atom. The van der Waals surface area contributed by atoms with Crippen LogP contribution in [0, 0.1) is 0 Å². The molecule has 0 unspecified atom stereocenters. The Bertz CT molecular complexity index is 634. The van der Waals surface area contributed by atoms with Gasteiger partial charge >= 0.3 is 5.97 Å². The molecule has 0 aliphatic heterocycles. The molecule has 1 aromatic carbocycles. The zero-order valence-corrected chi connectivity index (χ0v) is 23.7. The molecule has 0 aliphatic rings. The molecule has 2 heteroatoms. The maximum Gasteiger partial charge on any atom is 0.307 e. The molecule has 0 aromatic heterocycles. The minimum Gasteiger partial charge on any atom is -0.481 e. The molecule has 0 amide bonds. The number of carbonyl (C=O) groups is 1. The smallest absolute Gasteiger partial charge is 0.307 e.